The Bertz CT molecular complexity index is 1550. The van der Waals surface area contributed by atoms with E-state index in [-0.39, 0.29) is 10.8 Å². The topological polar surface area (TPSA) is 0 Å². The molecule has 0 N–H and O–H groups in total. The quantitative estimate of drug-likeness (QED) is 0.247. The average Bonchev–Trinajstić information content (AvgIpc) is 3.57. The van der Waals surface area contributed by atoms with Crippen molar-refractivity contribution >= 4 is 3.21 Å². The number of hydrogen-bond acceptors (Lipinski definition) is 0. The summed E-state index contributed by atoms with van der Waals surface area (Å²) in [5.74, 6) is 1.80. The molecule has 0 amide bonds. The van der Waals surface area contributed by atoms with Gasteiger partial charge >= 0.3 is 278 Å². The van der Waals surface area contributed by atoms with Crippen molar-refractivity contribution in [2.45, 2.75) is 118 Å². The van der Waals surface area contributed by atoms with E-state index in [1.54, 1.807) is 16.7 Å². The molecule has 0 aliphatic heterocycles. The van der Waals surface area contributed by atoms with E-state index >= 15 is 0 Å². The molecule has 230 valence electrons. The van der Waals surface area contributed by atoms with Crippen LogP contribution >= 0.6 is 0 Å². The molecule has 44 heavy (non-hydrogen) atoms. The molecule has 0 spiro atoms. The molecule has 0 nitrogen and oxygen atoms in total. The molecule has 0 heterocycles. The number of hydrogen-bond donors (Lipinski definition) is 0. The molecule has 3 aliphatic rings. The van der Waals surface area contributed by atoms with Crippen LogP contribution in [0.5, 0.6) is 0 Å². The summed E-state index contributed by atoms with van der Waals surface area (Å²) in [7, 11) is 0. The molecule has 3 aliphatic carbocycles. The Morgan fingerprint density at radius 3 is 1.52 bits per heavy atom. The maximum atomic E-state index is 2.64. The summed E-state index contributed by atoms with van der Waals surface area (Å²) in [6, 6.07) is 22.8. The fourth-order valence-corrected chi connectivity index (χ4v) is 17.6. The zero-order valence-electron chi connectivity index (χ0n) is 29.0. The van der Waals surface area contributed by atoms with Crippen molar-refractivity contribution in [1.82, 2.24) is 0 Å². The van der Waals surface area contributed by atoms with E-state index in [2.05, 4.69) is 148 Å². The minimum absolute atomic E-state index is 0.125. The Kier molecular flexibility index (Phi) is 8.63. The first-order valence-electron chi connectivity index (χ1n) is 17.3. The average molecular weight is 662 g/mol. The van der Waals surface area contributed by atoms with Gasteiger partial charge in [-0.3, -0.25) is 0 Å². The van der Waals surface area contributed by atoms with Crippen LogP contribution in [0, 0.1) is 5.92 Å². The molecular weight excluding hydrogens is 608 g/mol. The van der Waals surface area contributed by atoms with E-state index in [9.17, 15) is 0 Å². The molecule has 1 heteroatoms. The van der Waals surface area contributed by atoms with Gasteiger partial charge in [-0.05, 0) is 0 Å². The van der Waals surface area contributed by atoms with Gasteiger partial charge in [0.05, 0.1) is 0 Å². The second-order valence-corrected chi connectivity index (χ2v) is 23.1. The Hall–Kier alpha value is -2.11. The number of benzene rings is 3. The van der Waals surface area contributed by atoms with Crippen molar-refractivity contribution in [3.8, 4) is 11.1 Å². The molecule has 0 aromatic heterocycles. The fourth-order valence-electron chi connectivity index (χ4n) is 7.53. The minimum atomic E-state index is -2.55. The maximum absolute atomic E-state index is 2.64. The van der Waals surface area contributed by atoms with Crippen LogP contribution in [0.25, 0.3) is 11.1 Å². The van der Waals surface area contributed by atoms with Crippen molar-refractivity contribution in [3.05, 3.63) is 118 Å². The predicted molar refractivity (Wildman–Crippen MR) is 189 cm³/mol. The number of fused-ring (bicyclic) bond motifs is 3. The van der Waals surface area contributed by atoms with Gasteiger partial charge in [0, 0.05) is 0 Å². The zero-order valence-corrected chi connectivity index (χ0v) is 31.5. The van der Waals surface area contributed by atoms with Gasteiger partial charge in [-0.1, -0.05) is 0 Å². The number of allylic oxidation sites excluding steroid dienone is 4. The first-order valence-corrected chi connectivity index (χ1v) is 21.3. The zero-order chi connectivity index (χ0) is 31.6. The molecule has 0 radical (unpaired) electrons. The van der Waals surface area contributed by atoms with Crippen molar-refractivity contribution < 1.29 is 21.3 Å². The Balaban J connectivity index is 1.71. The summed E-state index contributed by atoms with van der Waals surface area (Å²) < 4.78 is 3.01. The van der Waals surface area contributed by atoms with Crippen LogP contribution in [0.1, 0.15) is 143 Å². The Morgan fingerprint density at radius 1 is 0.659 bits per heavy atom. The first-order chi connectivity index (χ1) is 20.7. The van der Waals surface area contributed by atoms with E-state index in [1.165, 1.54) is 52.6 Å². The van der Waals surface area contributed by atoms with Crippen LogP contribution in [0.15, 0.2) is 78.9 Å². The third-order valence-corrected chi connectivity index (χ3v) is 19.6. The Morgan fingerprint density at radius 2 is 1.14 bits per heavy atom. The van der Waals surface area contributed by atoms with Gasteiger partial charge in [-0.2, -0.15) is 0 Å². The fraction of sp³-hybridized carbons (Fsp3) is 0.465. The van der Waals surface area contributed by atoms with E-state index < -0.39 is 21.3 Å². The first kappa shape index (κ1) is 31.9. The SMILES string of the molecule is CC(C)c1cc([C](C2CCC2)=[Zr]([CH]2C=CC=C2)[CH]2c3cc(C(C)(C)C)ccc3-c3ccc(C(C)(C)C)cc32)cc(C(C)C)c1. The molecule has 1 saturated carbocycles. The van der Waals surface area contributed by atoms with E-state index in [0.717, 1.165) is 5.92 Å². The van der Waals surface area contributed by atoms with Crippen molar-refractivity contribution in [1.29, 1.82) is 0 Å². The van der Waals surface area contributed by atoms with Gasteiger partial charge in [-0.15, -0.1) is 0 Å². The van der Waals surface area contributed by atoms with Gasteiger partial charge in [0.2, 0.25) is 0 Å². The van der Waals surface area contributed by atoms with Crippen molar-refractivity contribution in [2.24, 2.45) is 5.92 Å². The molecule has 3 aromatic carbocycles. The van der Waals surface area contributed by atoms with Gasteiger partial charge in [0.1, 0.15) is 0 Å². The molecule has 0 unspecified atom stereocenters. The molecule has 0 saturated heterocycles. The van der Waals surface area contributed by atoms with Crippen LogP contribution in [0.4, 0.5) is 0 Å². The summed E-state index contributed by atoms with van der Waals surface area (Å²) in [6.07, 6.45) is 14.0. The molecule has 1 fully saturated rings. The van der Waals surface area contributed by atoms with Crippen LogP contribution in [-0.4, -0.2) is 3.21 Å². The molecule has 0 atom stereocenters. The van der Waals surface area contributed by atoms with Gasteiger partial charge in [-0.25, -0.2) is 0 Å². The number of rotatable bonds is 6. The summed E-state index contributed by atoms with van der Waals surface area (Å²) in [5, 5.41) is 0. The van der Waals surface area contributed by atoms with Crippen LogP contribution in [0.3, 0.4) is 0 Å². The van der Waals surface area contributed by atoms with Crippen LogP contribution < -0.4 is 0 Å². The third kappa shape index (κ3) is 5.93. The summed E-state index contributed by atoms with van der Waals surface area (Å²) in [5.41, 5.74) is 14.1. The Labute approximate surface area is 276 Å². The predicted octanol–water partition coefficient (Wildman–Crippen LogP) is 12.2. The van der Waals surface area contributed by atoms with Gasteiger partial charge < -0.3 is 0 Å². The monoisotopic (exact) mass is 660 g/mol. The van der Waals surface area contributed by atoms with Gasteiger partial charge in [0.15, 0.2) is 0 Å². The van der Waals surface area contributed by atoms with E-state index in [0.29, 0.717) is 19.1 Å². The van der Waals surface area contributed by atoms with Crippen LogP contribution in [-0.2, 0) is 32.1 Å². The molecule has 0 bridgehead atoms. The summed E-state index contributed by atoms with van der Waals surface area (Å²) in [6.45, 7) is 23.8. The van der Waals surface area contributed by atoms with Gasteiger partial charge in [0.25, 0.3) is 0 Å². The summed E-state index contributed by atoms with van der Waals surface area (Å²) in [4.78, 5) is 0. The van der Waals surface area contributed by atoms with E-state index in [1.807, 2.05) is 3.21 Å². The third-order valence-electron chi connectivity index (χ3n) is 10.6. The summed E-state index contributed by atoms with van der Waals surface area (Å²) >= 11 is -2.55. The van der Waals surface area contributed by atoms with Crippen molar-refractivity contribution in [3.63, 3.8) is 0 Å². The molecule has 6 rings (SSSR count). The standard InChI is InChI=1S/C21H25.C17H24.C5H5.Zr/c1-20(2,3)16-7-9-18-14(12-16)11-15-13-17(21(4,5)6)8-10-19(15)18;1-12(2)16-9-15(8-14-6-5-7-14)10-17(11-16)13(3)4;1-2-4-5-3-1;/h7-13H,1-6H3;9-14H,5-7H2,1-4H3;1-5H;. The van der Waals surface area contributed by atoms with E-state index in [4.69, 9.17) is 0 Å². The normalized spacial score (nSPS) is 17.8. The molecule has 3 aromatic rings. The van der Waals surface area contributed by atoms with Crippen LogP contribution in [0.2, 0.25) is 3.63 Å². The second-order valence-electron chi connectivity index (χ2n) is 16.5. The second kappa shape index (κ2) is 11.9. The molecular formula is C43H54Zr. The van der Waals surface area contributed by atoms with Crippen molar-refractivity contribution in [2.75, 3.05) is 0 Å².